The predicted octanol–water partition coefficient (Wildman–Crippen LogP) is 2.32. The first kappa shape index (κ1) is 15.8. The smallest absolute Gasteiger partial charge is 0.165 e. The molecule has 4 heterocycles. The third-order valence-corrected chi connectivity index (χ3v) is 4.56. The molecule has 1 aromatic carbocycles. The summed E-state index contributed by atoms with van der Waals surface area (Å²) in [7, 11) is 0. The van der Waals surface area contributed by atoms with Crippen LogP contribution in [0.4, 0.5) is 17.2 Å². The highest BCUT2D eigenvalue weighted by atomic mass is 16.5. The normalized spacial score (nSPS) is 14.6. The van der Waals surface area contributed by atoms with Gasteiger partial charge in [0.05, 0.1) is 31.2 Å². The molecule has 1 aliphatic heterocycles. The summed E-state index contributed by atoms with van der Waals surface area (Å²) in [4.78, 5) is 11.5. The quantitative estimate of drug-likeness (QED) is 0.511. The van der Waals surface area contributed by atoms with Crippen molar-refractivity contribution in [1.82, 2.24) is 30.4 Å². The number of rotatable bonds is 4. The second kappa shape index (κ2) is 6.69. The minimum Gasteiger partial charge on any atom is -0.378 e. The standard InChI is InChI=1S/C18H18N8O/c1-3-14(26-5-7-27-8-6-26)4-2-13(1)22-18-16-15(11-21-25-16)23-17(24-18)12-9-19-20-10-12/h1-4,9-11H,5-8H2,(H,19,20)(H,21,25)(H,22,23,24). The Morgan fingerprint density at radius 1 is 1.00 bits per heavy atom. The van der Waals surface area contributed by atoms with Crippen molar-refractivity contribution in [2.75, 3.05) is 36.5 Å². The van der Waals surface area contributed by atoms with E-state index >= 15 is 0 Å². The average Bonchev–Trinajstić information content (AvgIpc) is 3.41. The number of H-pyrrole nitrogens is 2. The number of aromatic nitrogens is 6. The van der Waals surface area contributed by atoms with E-state index in [1.165, 1.54) is 5.69 Å². The maximum Gasteiger partial charge on any atom is 0.165 e. The van der Waals surface area contributed by atoms with E-state index in [4.69, 9.17) is 4.74 Å². The van der Waals surface area contributed by atoms with Gasteiger partial charge in [0.15, 0.2) is 11.6 Å². The number of morpholine rings is 1. The van der Waals surface area contributed by atoms with Crippen LogP contribution in [-0.4, -0.2) is 56.7 Å². The van der Waals surface area contributed by atoms with Crippen LogP contribution >= 0.6 is 0 Å². The van der Waals surface area contributed by atoms with Crippen molar-refractivity contribution in [3.63, 3.8) is 0 Å². The van der Waals surface area contributed by atoms with Crippen LogP contribution in [0, 0.1) is 0 Å². The Hall–Kier alpha value is -3.46. The van der Waals surface area contributed by atoms with Crippen LogP contribution in [-0.2, 0) is 4.74 Å². The van der Waals surface area contributed by atoms with Gasteiger partial charge in [-0.1, -0.05) is 0 Å². The van der Waals surface area contributed by atoms with Gasteiger partial charge in [-0.25, -0.2) is 9.97 Å². The van der Waals surface area contributed by atoms with E-state index in [-0.39, 0.29) is 0 Å². The molecule has 0 atom stereocenters. The lowest BCUT2D eigenvalue weighted by atomic mass is 10.2. The van der Waals surface area contributed by atoms with Crippen LogP contribution in [0.25, 0.3) is 22.4 Å². The van der Waals surface area contributed by atoms with Gasteiger partial charge in [0.2, 0.25) is 0 Å². The summed E-state index contributed by atoms with van der Waals surface area (Å²) in [6.07, 6.45) is 5.15. The van der Waals surface area contributed by atoms with Crippen LogP contribution in [0.1, 0.15) is 0 Å². The summed E-state index contributed by atoms with van der Waals surface area (Å²) in [5, 5.41) is 17.2. The zero-order chi connectivity index (χ0) is 18.1. The molecule has 3 aromatic heterocycles. The molecule has 0 amide bonds. The summed E-state index contributed by atoms with van der Waals surface area (Å²) in [6.45, 7) is 3.38. The fourth-order valence-corrected chi connectivity index (χ4v) is 3.15. The second-order valence-electron chi connectivity index (χ2n) is 6.28. The molecule has 1 aliphatic rings. The lowest BCUT2D eigenvalue weighted by Crippen LogP contribution is -2.36. The second-order valence-corrected chi connectivity index (χ2v) is 6.28. The summed E-state index contributed by atoms with van der Waals surface area (Å²) in [5.74, 6) is 1.26. The number of hydrogen-bond acceptors (Lipinski definition) is 7. The SMILES string of the molecule is c1cc(N2CCOCC2)ccc1Nc1nc(-c2cn[nH]c2)nc2cn[nH]c12. The number of benzene rings is 1. The van der Waals surface area contributed by atoms with Gasteiger partial charge in [0.1, 0.15) is 11.0 Å². The molecule has 0 aliphatic carbocycles. The number of nitrogens with one attached hydrogen (secondary N) is 3. The minimum absolute atomic E-state index is 0.588. The largest absolute Gasteiger partial charge is 0.378 e. The van der Waals surface area contributed by atoms with Crippen LogP contribution in [0.2, 0.25) is 0 Å². The topological polar surface area (TPSA) is 108 Å². The van der Waals surface area contributed by atoms with Crippen LogP contribution < -0.4 is 10.2 Å². The van der Waals surface area contributed by atoms with Gasteiger partial charge in [0.25, 0.3) is 0 Å². The lowest BCUT2D eigenvalue weighted by Gasteiger charge is -2.28. The maximum absolute atomic E-state index is 5.41. The van der Waals surface area contributed by atoms with Gasteiger partial charge in [-0.2, -0.15) is 10.2 Å². The molecular formula is C18H18N8O. The first-order chi connectivity index (χ1) is 13.4. The third kappa shape index (κ3) is 3.08. The van der Waals surface area contributed by atoms with Crippen molar-refractivity contribution < 1.29 is 4.74 Å². The molecule has 4 aromatic rings. The van der Waals surface area contributed by atoms with Gasteiger partial charge in [0, 0.05) is 30.7 Å². The van der Waals surface area contributed by atoms with E-state index in [1.54, 1.807) is 18.6 Å². The third-order valence-electron chi connectivity index (χ3n) is 4.56. The summed E-state index contributed by atoms with van der Waals surface area (Å²) in [6, 6.07) is 8.31. The van der Waals surface area contributed by atoms with Crippen LogP contribution in [0.5, 0.6) is 0 Å². The number of fused-ring (bicyclic) bond motifs is 1. The fraction of sp³-hybridized carbons (Fsp3) is 0.222. The Labute approximate surface area is 154 Å². The molecule has 0 bridgehead atoms. The molecule has 9 heteroatoms. The molecule has 0 spiro atoms. The van der Waals surface area contributed by atoms with Crippen molar-refractivity contribution in [2.45, 2.75) is 0 Å². The molecule has 5 rings (SSSR count). The summed E-state index contributed by atoms with van der Waals surface area (Å²) < 4.78 is 5.41. The van der Waals surface area contributed by atoms with Gasteiger partial charge in [-0.3, -0.25) is 10.2 Å². The Balaban J connectivity index is 1.44. The molecule has 0 radical (unpaired) electrons. The number of nitrogens with zero attached hydrogens (tertiary/aromatic N) is 5. The molecule has 1 fully saturated rings. The van der Waals surface area contributed by atoms with Gasteiger partial charge < -0.3 is 15.0 Å². The van der Waals surface area contributed by atoms with Gasteiger partial charge in [-0.05, 0) is 24.3 Å². The average molecular weight is 362 g/mol. The van der Waals surface area contributed by atoms with Gasteiger partial charge >= 0.3 is 0 Å². The van der Waals surface area contributed by atoms with Crippen molar-refractivity contribution in [3.8, 4) is 11.4 Å². The number of ether oxygens (including phenoxy) is 1. The van der Waals surface area contributed by atoms with E-state index in [9.17, 15) is 0 Å². The Bertz CT molecular complexity index is 1040. The number of aromatic amines is 2. The highest BCUT2D eigenvalue weighted by Crippen LogP contribution is 2.26. The lowest BCUT2D eigenvalue weighted by molar-refractivity contribution is 0.122. The first-order valence-corrected chi connectivity index (χ1v) is 8.77. The minimum atomic E-state index is 0.588. The Morgan fingerprint density at radius 3 is 2.63 bits per heavy atom. The molecule has 136 valence electrons. The predicted molar refractivity (Wildman–Crippen MR) is 102 cm³/mol. The molecule has 0 unspecified atom stereocenters. The highest BCUT2D eigenvalue weighted by Gasteiger charge is 2.13. The van der Waals surface area contributed by atoms with E-state index in [1.807, 2.05) is 12.1 Å². The Kier molecular flexibility index (Phi) is 3.91. The molecule has 27 heavy (non-hydrogen) atoms. The van der Waals surface area contributed by atoms with Crippen molar-refractivity contribution >= 4 is 28.2 Å². The molecule has 0 saturated carbocycles. The van der Waals surface area contributed by atoms with Crippen molar-refractivity contribution in [2.24, 2.45) is 0 Å². The zero-order valence-corrected chi connectivity index (χ0v) is 14.5. The zero-order valence-electron chi connectivity index (χ0n) is 14.5. The van der Waals surface area contributed by atoms with Gasteiger partial charge in [-0.15, -0.1) is 0 Å². The molecule has 1 saturated heterocycles. The van der Waals surface area contributed by atoms with Crippen molar-refractivity contribution in [3.05, 3.63) is 42.9 Å². The first-order valence-electron chi connectivity index (χ1n) is 8.77. The fourth-order valence-electron chi connectivity index (χ4n) is 3.15. The summed E-state index contributed by atoms with van der Waals surface area (Å²) in [5.41, 5.74) is 4.47. The monoisotopic (exact) mass is 362 g/mol. The van der Waals surface area contributed by atoms with E-state index < -0.39 is 0 Å². The highest BCUT2D eigenvalue weighted by molar-refractivity contribution is 5.88. The molecular weight excluding hydrogens is 344 g/mol. The van der Waals surface area contributed by atoms with Crippen LogP contribution in [0.3, 0.4) is 0 Å². The van der Waals surface area contributed by atoms with Crippen LogP contribution in [0.15, 0.2) is 42.9 Å². The van der Waals surface area contributed by atoms with E-state index in [0.717, 1.165) is 48.6 Å². The maximum atomic E-state index is 5.41. The number of hydrogen-bond donors (Lipinski definition) is 3. The summed E-state index contributed by atoms with van der Waals surface area (Å²) >= 11 is 0. The molecule has 3 N–H and O–H groups in total. The van der Waals surface area contributed by atoms with E-state index in [0.29, 0.717) is 11.6 Å². The molecule has 9 nitrogen and oxygen atoms in total. The Morgan fingerprint density at radius 2 is 1.85 bits per heavy atom. The van der Waals surface area contributed by atoms with E-state index in [2.05, 4.69) is 52.7 Å². The van der Waals surface area contributed by atoms with Crippen molar-refractivity contribution in [1.29, 1.82) is 0 Å². The number of anilines is 3.